The van der Waals surface area contributed by atoms with Gasteiger partial charge in [0.1, 0.15) is 6.10 Å². The molecule has 2 N–H and O–H groups in total. The Bertz CT molecular complexity index is 373. The van der Waals surface area contributed by atoms with Gasteiger partial charge in [-0.25, -0.2) is 0 Å². The van der Waals surface area contributed by atoms with Gasteiger partial charge in [-0.15, -0.1) is 0 Å². The molecule has 0 saturated heterocycles. The summed E-state index contributed by atoms with van der Waals surface area (Å²) in [6.07, 6.45) is -6.37. The second-order valence-electron chi connectivity index (χ2n) is 3.46. The highest BCUT2D eigenvalue weighted by Gasteiger charge is 2.37. The van der Waals surface area contributed by atoms with Crippen LogP contribution in [0.3, 0.4) is 0 Å². The van der Waals surface area contributed by atoms with Gasteiger partial charge in [-0.2, -0.15) is 25.8 Å². The Labute approximate surface area is 102 Å². The fraction of sp³-hybridized carbons (Fsp3) is 0.500. The maximum atomic E-state index is 12.6. The van der Waals surface area contributed by atoms with Crippen molar-refractivity contribution in [2.45, 2.75) is 24.8 Å². The summed E-state index contributed by atoms with van der Waals surface area (Å²) in [6, 6.07) is 1.95. The number of alkyl halides is 3. The molecule has 1 aromatic heterocycles. The average molecular weight is 267 g/mol. The van der Waals surface area contributed by atoms with Crippen molar-refractivity contribution in [3.8, 4) is 0 Å². The first-order valence-corrected chi connectivity index (χ1v) is 5.50. The molecule has 0 aliphatic heterocycles. The minimum absolute atomic E-state index is 0.0815. The molecule has 96 valence electrons. The first-order chi connectivity index (χ1) is 7.88. The third-order valence-electron chi connectivity index (χ3n) is 2.21. The van der Waals surface area contributed by atoms with Crippen molar-refractivity contribution in [1.82, 2.24) is 4.98 Å². The molecule has 1 aromatic rings. The summed E-state index contributed by atoms with van der Waals surface area (Å²) in [7, 11) is 0. The Morgan fingerprint density at radius 3 is 2.53 bits per heavy atom. The van der Waals surface area contributed by atoms with E-state index < -0.39 is 29.6 Å². The largest absolute Gasteiger partial charge is 0.418 e. The molecule has 0 fully saturated rings. The fourth-order valence-electron chi connectivity index (χ4n) is 1.37. The fourth-order valence-corrected chi connectivity index (χ4v) is 1.63. The summed E-state index contributed by atoms with van der Waals surface area (Å²) in [4.78, 5) is 3.49. The van der Waals surface area contributed by atoms with Crippen molar-refractivity contribution < 1.29 is 23.4 Å². The molecule has 0 aromatic carbocycles. The van der Waals surface area contributed by atoms with E-state index in [0.29, 0.717) is 0 Å². The molecule has 0 saturated carbocycles. The minimum atomic E-state index is -4.61. The first-order valence-electron chi connectivity index (χ1n) is 4.87. The van der Waals surface area contributed by atoms with Crippen LogP contribution in [0.5, 0.6) is 0 Å². The molecule has 1 heterocycles. The van der Waals surface area contributed by atoms with E-state index in [-0.39, 0.29) is 12.2 Å². The van der Waals surface area contributed by atoms with E-state index in [2.05, 4.69) is 17.6 Å². The van der Waals surface area contributed by atoms with Crippen molar-refractivity contribution in [3.63, 3.8) is 0 Å². The maximum absolute atomic E-state index is 12.6. The Morgan fingerprint density at radius 2 is 2.00 bits per heavy atom. The molecule has 0 amide bonds. The third kappa shape index (κ3) is 3.58. The van der Waals surface area contributed by atoms with E-state index in [9.17, 15) is 23.4 Å². The Morgan fingerprint density at radius 1 is 1.35 bits per heavy atom. The van der Waals surface area contributed by atoms with Gasteiger partial charge in [0.25, 0.3) is 0 Å². The maximum Gasteiger partial charge on any atom is 0.418 e. The average Bonchev–Trinajstić information content (AvgIpc) is 2.27. The molecule has 7 heteroatoms. The molecule has 0 radical (unpaired) electrons. The molecular weight excluding hydrogens is 255 g/mol. The SMILES string of the molecule is OC(CCS)C(O)c1ncccc1C(F)(F)F. The summed E-state index contributed by atoms with van der Waals surface area (Å²) < 4.78 is 37.8. The number of aliphatic hydroxyl groups is 2. The highest BCUT2D eigenvalue weighted by atomic mass is 32.1. The zero-order chi connectivity index (χ0) is 13.1. The normalized spacial score (nSPS) is 15.6. The van der Waals surface area contributed by atoms with Crippen molar-refractivity contribution in [2.24, 2.45) is 0 Å². The van der Waals surface area contributed by atoms with Crippen molar-refractivity contribution in [1.29, 1.82) is 0 Å². The van der Waals surface area contributed by atoms with Gasteiger partial charge in [-0.1, -0.05) is 0 Å². The lowest BCUT2D eigenvalue weighted by atomic mass is 10.0. The standard InChI is InChI=1S/C10H12F3NO2S/c11-10(12,13)6-2-1-4-14-8(6)9(16)7(15)3-5-17/h1-2,4,7,9,15-17H,3,5H2. The highest BCUT2D eigenvalue weighted by Crippen LogP contribution is 2.34. The Balaban J connectivity index is 3.05. The number of rotatable bonds is 4. The predicted molar refractivity (Wildman–Crippen MR) is 58.7 cm³/mol. The van der Waals surface area contributed by atoms with Gasteiger partial charge in [0.05, 0.1) is 17.4 Å². The molecule has 2 atom stereocenters. The number of nitrogens with zero attached hydrogens (tertiary/aromatic N) is 1. The van der Waals surface area contributed by atoms with Crippen LogP contribution >= 0.6 is 12.6 Å². The van der Waals surface area contributed by atoms with Crippen LogP contribution in [0.25, 0.3) is 0 Å². The lowest BCUT2D eigenvalue weighted by Gasteiger charge is -2.20. The van der Waals surface area contributed by atoms with Crippen LogP contribution in [0.15, 0.2) is 18.3 Å². The predicted octanol–water partition coefficient (Wildman–Crippen LogP) is 1.81. The number of thiol groups is 1. The van der Waals surface area contributed by atoms with Gasteiger partial charge >= 0.3 is 6.18 Å². The number of aromatic nitrogens is 1. The van der Waals surface area contributed by atoms with Gasteiger partial charge in [0, 0.05) is 6.20 Å². The quantitative estimate of drug-likeness (QED) is 0.729. The Hall–Kier alpha value is -0.790. The second-order valence-corrected chi connectivity index (χ2v) is 3.91. The Kier molecular flexibility index (Phi) is 4.79. The lowest BCUT2D eigenvalue weighted by molar-refractivity contribution is -0.140. The van der Waals surface area contributed by atoms with Gasteiger partial charge < -0.3 is 10.2 Å². The van der Waals surface area contributed by atoms with E-state index in [1.807, 2.05) is 0 Å². The zero-order valence-corrected chi connectivity index (χ0v) is 9.62. The number of hydrogen-bond acceptors (Lipinski definition) is 4. The zero-order valence-electron chi connectivity index (χ0n) is 8.72. The molecule has 17 heavy (non-hydrogen) atoms. The summed E-state index contributed by atoms with van der Waals surface area (Å²) in [6.45, 7) is 0. The van der Waals surface area contributed by atoms with Crippen LogP contribution in [0.4, 0.5) is 13.2 Å². The topological polar surface area (TPSA) is 53.4 Å². The number of aliphatic hydroxyl groups excluding tert-OH is 2. The molecule has 0 spiro atoms. The van der Waals surface area contributed by atoms with E-state index in [0.717, 1.165) is 18.3 Å². The summed E-state index contributed by atoms with van der Waals surface area (Å²) >= 11 is 3.84. The van der Waals surface area contributed by atoms with Gasteiger partial charge in [0.15, 0.2) is 0 Å². The van der Waals surface area contributed by atoms with Crippen LogP contribution in [-0.4, -0.2) is 27.1 Å². The number of halogens is 3. The smallest absolute Gasteiger partial charge is 0.390 e. The van der Waals surface area contributed by atoms with Crippen LogP contribution in [0.1, 0.15) is 23.8 Å². The van der Waals surface area contributed by atoms with E-state index in [4.69, 9.17) is 0 Å². The van der Waals surface area contributed by atoms with Crippen molar-refractivity contribution in [3.05, 3.63) is 29.6 Å². The molecule has 2 unspecified atom stereocenters. The van der Waals surface area contributed by atoms with E-state index >= 15 is 0 Å². The lowest BCUT2D eigenvalue weighted by Crippen LogP contribution is -2.23. The summed E-state index contributed by atoms with van der Waals surface area (Å²) in [5.74, 6) is 0.256. The molecule has 3 nitrogen and oxygen atoms in total. The van der Waals surface area contributed by atoms with Crippen LogP contribution in [-0.2, 0) is 6.18 Å². The molecule has 0 aliphatic rings. The second kappa shape index (κ2) is 5.70. The van der Waals surface area contributed by atoms with E-state index in [1.165, 1.54) is 0 Å². The third-order valence-corrected chi connectivity index (χ3v) is 2.47. The summed E-state index contributed by atoms with van der Waals surface area (Å²) in [5.41, 5.74) is -1.60. The van der Waals surface area contributed by atoms with Gasteiger partial charge in [-0.3, -0.25) is 4.98 Å². The molecule has 0 bridgehead atoms. The van der Waals surface area contributed by atoms with Crippen molar-refractivity contribution in [2.75, 3.05) is 5.75 Å². The van der Waals surface area contributed by atoms with Crippen molar-refractivity contribution >= 4 is 12.6 Å². The molecule has 1 rings (SSSR count). The number of hydrogen-bond donors (Lipinski definition) is 3. The minimum Gasteiger partial charge on any atom is -0.390 e. The van der Waals surface area contributed by atoms with Crippen LogP contribution in [0, 0.1) is 0 Å². The number of pyridine rings is 1. The highest BCUT2D eigenvalue weighted by molar-refractivity contribution is 7.80. The summed E-state index contributed by atoms with van der Waals surface area (Å²) in [5, 5.41) is 19.1. The monoisotopic (exact) mass is 267 g/mol. The molecular formula is C10H12F3NO2S. The van der Waals surface area contributed by atoms with E-state index in [1.54, 1.807) is 0 Å². The molecule has 0 aliphatic carbocycles. The van der Waals surface area contributed by atoms with Gasteiger partial charge in [-0.05, 0) is 24.3 Å². The van der Waals surface area contributed by atoms with Gasteiger partial charge in [0.2, 0.25) is 0 Å². The first kappa shape index (κ1) is 14.3. The van der Waals surface area contributed by atoms with Crippen LogP contribution < -0.4 is 0 Å². The van der Waals surface area contributed by atoms with Crippen LogP contribution in [0.2, 0.25) is 0 Å².